The summed E-state index contributed by atoms with van der Waals surface area (Å²) in [6.07, 6.45) is 0. The molecule has 0 aromatic rings. The van der Waals surface area contributed by atoms with E-state index in [9.17, 15) is 0 Å². The molecule has 0 atom stereocenters. The molecule has 0 saturated heterocycles. The number of hydrogen-bond acceptors (Lipinski definition) is 1. The van der Waals surface area contributed by atoms with Crippen LogP contribution in [0.2, 0.25) is 18.1 Å². The Kier molecular flexibility index (Phi) is 4.01. The summed E-state index contributed by atoms with van der Waals surface area (Å²) >= 11 is 5.64. The van der Waals surface area contributed by atoms with Crippen LogP contribution in [0.5, 0.6) is 0 Å². The SMILES string of the molecule is C=C(Cl)CO[Si](C)(C)C(C)(C)C. The van der Waals surface area contributed by atoms with Crippen molar-refractivity contribution in [1.29, 1.82) is 0 Å². The van der Waals surface area contributed by atoms with Crippen LogP contribution in [-0.2, 0) is 4.43 Å². The van der Waals surface area contributed by atoms with Crippen molar-refractivity contribution in [1.82, 2.24) is 0 Å². The molecule has 12 heavy (non-hydrogen) atoms. The molecule has 0 radical (unpaired) electrons. The molecule has 0 aliphatic carbocycles. The Balaban J connectivity index is 4.14. The van der Waals surface area contributed by atoms with Crippen molar-refractivity contribution in [2.24, 2.45) is 0 Å². The number of rotatable bonds is 3. The lowest BCUT2D eigenvalue weighted by Crippen LogP contribution is -2.40. The van der Waals surface area contributed by atoms with E-state index >= 15 is 0 Å². The van der Waals surface area contributed by atoms with Gasteiger partial charge in [0.2, 0.25) is 0 Å². The predicted octanol–water partition coefficient (Wildman–Crippen LogP) is 3.76. The van der Waals surface area contributed by atoms with E-state index in [4.69, 9.17) is 16.0 Å². The van der Waals surface area contributed by atoms with Gasteiger partial charge in [-0.1, -0.05) is 39.0 Å². The Morgan fingerprint density at radius 1 is 1.42 bits per heavy atom. The smallest absolute Gasteiger partial charge is 0.192 e. The first kappa shape index (κ1) is 12.2. The molecule has 0 aliphatic rings. The van der Waals surface area contributed by atoms with Crippen LogP contribution in [0.15, 0.2) is 11.6 Å². The van der Waals surface area contributed by atoms with Gasteiger partial charge in [-0.05, 0) is 18.1 Å². The minimum atomic E-state index is -1.61. The summed E-state index contributed by atoms with van der Waals surface area (Å²) in [5, 5.41) is 0.833. The zero-order valence-corrected chi connectivity index (χ0v) is 10.5. The molecule has 0 aliphatic heterocycles. The molecule has 0 unspecified atom stereocenters. The monoisotopic (exact) mass is 206 g/mol. The fraction of sp³-hybridized carbons (Fsp3) is 0.778. The molecule has 0 aromatic heterocycles. The third-order valence-corrected chi connectivity index (χ3v) is 6.98. The topological polar surface area (TPSA) is 9.23 Å². The number of halogens is 1. The first-order valence-electron chi connectivity index (χ1n) is 4.14. The molecule has 1 nitrogen and oxygen atoms in total. The first-order valence-corrected chi connectivity index (χ1v) is 7.43. The van der Waals surface area contributed by atoms with E-state index in [-0.39, 0.29) is 5.04 Å². The second-order valence-corrected chi connectivity index (χ2v) is 9.91. The summed E-state index contributed by atoms with van der Waals surface area (Å²) in [5.74, 6) is 0. The highest BCUT2D eigenvalue weighted by Gasteiger charge is 2.36. The fourth-order valence-corrected chi connectivity index (χ4v) is 1.59. The molecule has 3 heteroatoms. The molecule has 0 rings (SSSR count). The molecular weight excluding hydrogens is 188 g/mol. The average molecular weight is 207 g/mol. The summed E-state index contributed by atoms with van der Waals surface area (Å²) in [4.78, 5) is 0. The van der Waals surface area contributed by atoms with Gasteiger partial charge in [0.1, 0.15) is 0 Å². The first-order chi connectivity index (χ1) is 5.17. The molecular formula is C9H19ClOSi. The maximum absolute atomic E-state index is 5.76. The second kappa shape index (κ2) is 3.94. The van der Waals surface area contributed by atoms with Gasteiger partial charge in [-0.3, -0.25) is 0 Å². The van der Waals surface area contributed by atoms with Crippen molar-refractivity contribution in [3.63, 3.8) is 0 Å². The van der Waals surface area contributed by atoms with Gasteiger partial charge in [0, 0.05) is 5.03 Å². The van der Waals surface area contributed by atoms with Gasteiger partial charge >= 0.3 is 0 Å². The molecule has 0 saturated carbocycles. The third kappa shape index (κ3) is 3.74. The largest absolute Gasteiger partial charge is 0.412 e. The molecule has 0 heterocycles. The summed E-state index contributed by atoms with van der Waals surface area (Å²) in [7, 11) is -1.61. The van der Waals surface area contributed by atoms with E-state index in [1.807, 2.05) is 0 Å². The normalized spacial score (nSPS) is 13.2. The van der Waals surface area contributed by atoms with E-state index < -0.39 is 8.32 Å². The molecule has 0 bridgehead atoms. The third-order valence-electron chi connectivity index (χ3n) is 2.40. The van der Waals surface area contributed by atoms with Crippen LogP contribution >= 0.6 is 11.6 Å². The Morgan fingerprint density at radius 2 is 1.83 bits per heavy atom. The van der Waals surface area contributed by atoms with Crippen molar-refractivity contribution in [3.8, 4) is 0 Å². The molecule has 0 aromatic carbocycles. The van der Waals surface area contributed by atoms with Gasteiger partial charge < -0.3 is 4.43 Å². The van der Waals surface area contributed by atoms with Crippen molar-refractivity contribution in [3.05, 3.63) is 11.6 Å². The average Bonchev–Trinajstić information content (AvgIpc) is 1.81. The maximum Gasteiger partial charge on any atom is 0.192 e. The van der Waals surface area contributed by atoms with Crippen molar-refractivity contribution in [2.75, 3.05) is 6.61 Å². The van der Waals surface area contributed by atoms with Crippen molar-refractivity contribution < 1.29 is 4.43 Å². The lowest BCUT2D eigenvalue weighted by molar-refractivity contribution is 0.325. The van der Waals surface area contributed by atoms with Crippen LogP contribution in [0.25, 0.3) is 0 Å². The zero-order chi connectivity index (χ0) is 9.99. The van der Waals surface area contributed by atoms with E-state index in [1.165, 1.54) is 0 Å². The van der Waals surface area contributed by atoms with E-state index in [2.05, 4.69) is 40.4 Å². The van der Waals surface area contributed by atoms with E-state index in [0.29, 0.717) is 11.6 Å². The fourth-order valence-electron chi connectivity index (χ4n) is 0.475. The van der Waals surface area contributed by atoms with E-state index in [1.54, 1.807) is 0 Å². The molecule has 72 valence electrons. The Bertz CT molecular complexity index is 170. The predicted molar refractivity (Wildman–Crippen MR) is 58.1 cm³/mol. The standard InChI is InChI=1S/C9H19ClOSi/c1-8(10)7-11-12(5,6)9(2,3)4/h1,7H2,2-6H3. The van der Waals surface area contributed by atoms with Gasteiger partial charge in [-0.15, -0.1) is 0 Å². The van der Waals surface area contributed by atoms with Crippen molar-refractivity contribution in [2.45, 2.75) is 38.9 Å². The van der Waals surface area contributed by atoms with Gasteiger partial charge in [-0.25, -0.2) is 0 Å². The molecule has 0 spiro atoms. The van der Waals surface area contributed by atoms with Crippen LogP contribution in [0.4, 0.5) is 0 Å². The summed E-state index contributed by atoms with van der Waals surface area (Å²) < 4.78 is 5.76. The van der Waals surface area contributed by atoms with Crippen LogP contribution in [0, 0.1) is 0 Å². The van der Waals surface area contributed by atoms with Gasteiger partial charge in [0.25, 0.3) is 0 Å². The van der Waals surface area contributed by atoms with Gasteiger partial charge in [0.15, 0.2) is 8.32 Å². The molecule has 0 fully saturated rings. The van der Waals surface area contributed by atoms with Crippen LogP contribution in [0.3, 0.4) is 0 Å². The Hall–Kier alpha value is 0.207. The number of hydrogen-bond donors (Lipinski definition) is 0. The van der Waals surface area contributed by atoms with E-state index in [0.717, 1.165) is 0 Å². The highest BCUT2D eigenvalue weighted by molar-refractivity contribution is 6.74. The Morgan fingerprint density at radius 3 is 2.08 bits per heavy atom. The molecule has 0 amide bonds. The quantitative estimate of drug-likeness (QED) is 0.639. The Labute approximate surface area is 81.9 Å². The second-order valence-electron chi connectivity index (χ2n) is 4.57. The summed E-state index contributed by atoms with van der Waals surface area (Å²) in [5.41, 5.74) is 0. The highest BCUT2D eigenvalue weighted by atomic mass is 35.5. The van der Waals surface area contributed by atoms with Crippen LogP contribution in [-0.4, -0.2) is 14.9 Å². The molecule has 0 N–H and O–H groups in total. The van der Waals surface area contributed by atoms with Gasteiger partial charge in [-0.2, -0.15) is 0 Å². The van der Waals surface area contributed by atoms with Crippen LogP contribution < -0.4 is 0 Å². The van der Waals surface area contributed by atoms with Crippen molar-refractivity contribution >= 4 is 19.9 Å². The zero-order valence-electron chi connectivity index (χ0n) is 8.70. The highest BCUT2D eigenvalue weighted by Crippen LogP contribution is 2.36. The van der Waals surface area contributed by atoms with Gasteiger partial charge in [0.05, 0.1) is 6.61 Å². The summed E-state index contributed by atoms with van der Waals surface area (Å²) in [6, 6.07) is 0. The maximum atomic E-state index is 5.76. The minimum Gasteiger partial charge on any atom is -0.412 e. The summed E-state index contributed by atoms with van der Waals surface area (Å²) in [6.45, 7) is 15.1. The lowest BCUT2D eigenvalue weighted by Gasteiger charge is -2.36. The minimum absolute atomic E-state index is 0.249. The van der Waals surface area contributed by atoms with Crippen LogP contribution in [0.1, 0.15) is 20.8 Å². The lowest BCUT2D eigenvalue weighted by atomic mass is 10.2.